The highest BCUT2D eigenvalue weighted by Gasteiger charge is 2.35. The van der Waals surface area contributed by atoms with Gasteiger partial charge in [-0.25, -0.2) is 0 Å². The van der Waals surface area contributed by atoms with Crippen molar-refractivity contribution in [3.63, 3.8) is 0 Å². The zero-order valence-electron chi connectivity index (χ0n) is 15.9. The minimum absolute atomic E-state index is 0. The molecule has 4 rings (SSSR count). The van der Waals surface area contributed by atoms with Gasteiger partial charge in [0.1, 0.15) is 11.5 Å². The lowest BCUT2D eigenvalue weighted by Gasteiger charge is -2.34. The second-order valence-corrected chi connectivity index (χ2v) is 7.95. The Balaban J connectivity index is 0.00000196. The number of morpholine rings is 1. The maximum atomic E-state index is 6.00. The van der Waals surface area contributed by atoms with Gasteiger partial charge in [0, 0.05) is 25.2 Å². The van der Waals surface area contributed by atoms with Crippen LogP contribution in [0.5, 0.6) is 0 Å². The van der Waals surface area contributed by atoms with E-state index in [1.807, 2.05) is 6.92 Å². The first-order valence-corrected chi connectivity index (χ1v) is 10.2. The summed E-state index contributed by atoms with van der Waals surface area (Å²) in [5.74, 6) is 2.83. The Labute approximate surface area is 163 Å². The zero-order chi connectivity index (χ0) is 17.1. The Bertz CT molecular complexity index is 541. The van der Waals surface area contributed by atoms with Crippen molar-refractivity contribution in [1.29, 1.82) is 0 Å². The second kappa shape index (κ2) is 9.56. The molecule has 4 unspecified atom stereocenters. The number of hydrogen-bond acceptors (Lipinski definition) is 5. The molecule has 0 spiro atoms. The third-order valence-corrected chi connectivity index (χ3v) is 6.28. The first-order valence-electron chi connectivity index (χ1n) is 10.2. The Morgan fingerprint density at radius 2 is 2.08 bits per heavy atom. The normalized spacial score (nSPS) is 31.0. The Morgan fingerprint density at radius 1 is 1.23 bits per heavy atom. The Kier molecular flexibility index (Phi) is 7.41. The summed E-state index contributed by atoms with van der Waals surface area (Å²) in [7, 11) is 0. The van der Waals surface area contributed by atoms with Gasteiger partial charge < -0.3 is 19.8 Å². The number of hydrogen-bond donors (Lipinski definition) is 2. The van der Waals surface area contributed by atoms with Crippen LogP contribution in [0, 0.1) is 12.8 Å². The predicted octanol–water partition coefficient (Wildman–Crippen LogP) is 2.89. The van der Waals surface area contributed by atoms with Gasteiger partial charge in [-0.05, 0) is 63.7 Å². The van der Waals surface area contributed by atoms with E-state index in [1.165, 1.54) is 45.2 Å². The molecule has 3 fully saturated rings. The molecule has 1 aliphatic carbocycles. The van der Waals surface area contributed by atoms with Gasteiger partial charge >= 0.3 is 0 Å². The van der Waals surface area contributed by atoms with Crippen LogP contribution in [-0.4, -0.2) is 56.4 Å². The molecular weight excluding hydrogens is 350 g/mol. The summed E-state index contributed by atoms with van der Waals surface area (Å²) in [5, 5.41) is 7.59. The molecule has 1 aromatic heterocycles. The molecule has 0 amide bonds. The van der Waals surface area contributed by atoms with E-state index in [9.17, 15) is 0 Å². The molecular formula is C20H34ClN3O2. The predicted molar refractivity (Wildman–Crippen MR) is 106 cm³/mol. The lowest BCUT2D eigenvalue weighted by molar-refractivity contribution is 0.0518. The third-order valence-electron chi connectivity index (χ3n) is 6.28. The number of halogens is 1. The number of nitrogens with zero attached hydrogens (tertiary/aromatic N) is 1. The highest BCUT2D eigenvalue weighted by molar-refractivity contribution is 5.85. The number of rotatable bonds is 6. The van der Waals surface area contributed by atoms with E-state index in [1.54, 1.807) is 0 Å². The maximum Gasteiger partial charge on any atom is 0.122 e. The van der Waals surface area contributed by atoms with Gasteiger partial charge in [0.25, 0.3) is 0 Å². The van der Waals surface area contributed by atoms with Crippen molar-refractivity contribution in [2.45, 2.75) is 57.2 Å². The summed E-state index contributed by atoms with van der Waals surface area (Å²) in [4.78, 5) is 2.59. The minimum atomic E-state index is 0. The van der Waals surface area contributed by atoms with Crippen LogP contribution in [0.4, 0.5) is 0 Å². The second-order valence-electron chi connectivity index (χ2n) is 7.95. The van der Waals surface area contributed by atoms with Crippen LogP contribution in [0.3, 0.4) is 0 Å². The number of likely N-dealkylation sites (tertiary alicyclic amines) is 1. The highest BCUT2D eigenvalue weighted by Crippen LogP contribution is 2.31. The number of ether oxygens (including phenoxy) is 1. The van der Waals surface area contributed by atoms with E-state index in [-0.39, 0.29) is 12.4 Å². The molecule has 1 aromatic rings. The number of nitrogens with one attached hydrogen (secondary N) is 2. The van der Waals surface area contributed by atoms with Crippen molar-refractivity contribution in [2.24, 2.45) is 5.92 Å². The largest absolute Gasteiger partial charge is 0.465 e. The fraction of sp³-hybridized carbons (Fsp3) is 0.800. The van der Waals surface area contributed by atoms with E-state index in [4.69, 9.17) is 9.15 Å². The fourth-order valence-corrected chi connectivity index (χ4v) is 4.94. The number of aryl methyl sites for hydroxylation is 1. The van der Waals surface area contributed by atoms with E-state index < -0.39 is 0 Å². The molecule has 6 heteroatoms. The lowest BCUT2D eigenvalue weighted by atomic mass is 9.93. The van der Waals surface area contributed by atoms with Crippen molar-refractivity contribution in [3.8, 4) is 0 Å². The summed E-state index contributed by atoms with van der Waals surface area (Å²) in [5.41, 5.74) is 0. The molecule has 0 radical (unpaired) electrons. The maximum absolute atomic E-state index is 6.00. The highest BCUT2D eigenvalue weighted by atomic mass is 35.5. The van der Waals surface area contributed by atoms with Crippen LogP contribution in [0.15, 0.2) is 16.5 Å². The first kappa shape index (κ1) is 20.2. The Morgan fingerprint density at radius 3 is 2.77 bits per heavy atom. The van der Waals surface area contributed by atoms with E-state index in [0.717, 1.165) is 37.8 Å². The molecule has 0 aromatic carbocycles. The molecule has 2 N–H and O–H groups in total. The summed E-state index contributed by atoms with van der Waals surface area (Å²) in [6.45, 7) is 8.14. The van der Waals surface area contributed by atoms with Crippen LogP contribution in [0.25, 0.3) is 0 Å². The van der Waals surface area contributed by atoms with Crippen LogP contribution < -0.4 is 10.6 Å². The third kappa shape index (κ3) is 4.63. The quantitative estimate of drug-likeness (QED) is 0.791. The van der Waals surface area contributed by atoms with E-state index in [0.29, 0.717) is 24.0 Å². The smallest absolute Gasteiger partial charge is 0.122 e. The molecule has 2 saturated heterocycles. The van der Waals surface area contributed by atoms with Crippen molar-refractivity contribution >= 4 is 12.4 Å². The monoisotopic (exact) mass is 383 g/mol. The van der Waals surface area contributed by atoms with Crippen LogP contribution in [-0.2, 0) is 4.74 Å². The van der Waals surface area contributed by atoms with Gasteiger partial charge in [0.2, 0.25) is 0 Å². The average Bonchev–Trinajstić information content (AvgIpc) is 3.38. The van der Waals surface area contributed by atoms with Gasteiger partial charge in [0.05, 0.1) is 19.3 Å². The van der Waals surface area contributed by atoms with Crippen LogP contribution >= 0.6 is 12.4 Å². The van der Waals surface area contributed by atoms with Crippen molar-refractivity contribution in [1.82, 2.24) is 15.5 Å². The summed E-state index contributed by atoms with van der Waals surface area (Å²) < 4.78 is 11.7. The van der Waals surface area contributed by atoms with E-state index in [2.05, 4.69) is 27.7 Å². The molecule has 2 aliphatic heterocycles. The summed E-state index contributed by atoms with van der Waals surface area (Å²) >= 11 is 0. The molecule has 4 atom stereocenters. The molecule has 3 heterocycles. The fourth-order valence-electron chi connectivity index (χ4n) is 4.94. The van der Waals surface area contributed by atoms with E-state index >= 15 is 0 Å². The summed E-state index contributed by atoms with van der Waals surface area (Å²) in [6, 6.07) is 5.75. The van der Waals surface area contributed by atoms with Crippen molar-refractivity contribution in [2.75, 3.05) is 39.4 Å². The van der Waals surface area contributed by atoms with Crippen molar-refractivity contribution < 1.29 is 9.15 Å². The minimum Gasteiger partial charge on any atom is -0.465 e. The summed E-state index contributed by atoms with van der Waals surface area (Å²) in [6.07, 6.45) is 6.55. The molecule has 1 saturated carbocycles. The van der Waals surface area contributed by atoms with Gasteiger partial charge in [-0.15, -0.1) is 12.4 Å². The van der Waals surface area contributed by atoms with Crippen LogP contribution in [0.1, 0.15) is 49.7 Å². The molecule has 148 valence electrons. The lowest BCUT2D eigenvalue weighted by Crippen LogP contribution is -2.51. The SMILES string of the molecule is Cc1ccc(C(CNC2CCCC2C2COCCN2)N2CCCC2)o1.Cl. The molecule has 26 heavy (non-hydrogen) atoms. The number of furan rings is 1. The van der Waals surface area contributed by atoms with Gasteiger partial charge in [-0.2, -0.15) is 0 Å². The van der Waals surface area contributed by atoms with Crippen molar-refractivity contribution in [3.05, 3.63) is 23.7 Å². The van der Waals surface area contributed by atoms with Gasteiger partial charge in [-0.1, -0.05) is 6.42 Å². The molecule has 5 nitrogen and oxygen atoms in total. The average molecular weight is 384 g/mol. The Hall–Kier alpha value is -0.590. The topological polar surface area (TPSA) is 49.7 Å². The van der Waals surface area contributed by atoms with Gasteiger partial charge in [-0.3, -0.25) is 4.90 Å². The molecule has 3 aliphatic rings. The van der Waals surface area contributed by atoms with Gasteiger partial charge in [0.15, 0.2) is 0 Å². The zero-order valence-corrected chi connectivity index (χ0v) is 16.7. The first-order chi connectivity index (χ1) is 12.3. The van der Waals surface area contributed by atoms with Crippen LogP contribution in [0.2, 0.25) is 0 Å². The molecule has 0 bridgehead atoms. The standard InChI is InChI=1S/C20H33N3O2.ClH/c1-15-7-8-20(25-15)19(23-10-2-3-11-23)13-22-17-6-4-5-16(17)18-14-24-12-9-21-18;/h7-8,16-19,21-22H,2-6,9-14H2,1H3;1H.